The lowest BCUT2D eigenvalue weighted by molar-refractivity contribution is -0.133. The van der Waals surface area contributed by atoms with Crippen LogP contribution >= 0.6 is 0 Å². The predicted molar refractivity (Wildman–Crippen MR) is 84.3 cm³/mol. The minimum absolute atomic E-state index is 0.0763. The Morgan fingerprint density at radius 1 is 1.27 bits per heavy atom. The largest absolute Gasteiger partial charge is 0.489 e. The molecule has 0 atom stereocenters. The van der Waals surface area contributed by atoms with Gasteiger partial charge in [0, 0.05) is 19.7 Å². The van der Waals surface area contributed by atoms with Gasteiger partial charge in [-0.3, -0.25) is 4.79 Å². The fourth-order valence-corrected chi connectivity index (χ4v) is 2.19. The van der Waals surface area contributed by atoms with E-state index < -0.39 is 0 Å². The topological polar surface area (TPSA) is 60.0 Å². The average Bonchev–Trinajstić information content (AvgIpc) is 2.58. The second kappa shape index (κ2) is 9.27. The van der Waals surface area contributed by atoms with E-state index in [1.807, 2.05) is 36.1 Å². The van der Waals surface area contributed by atoms with Gasteiger partial charge in [-0.25, -0.2) is 0 Å². The summed E-state index contributed by atoms with van der Waals surface area (Å²) in [4.78, 5) is 13.9. The summed E-state index contributed by atoms with van der Waals surface area (Å²) >= 11 is 0. The van der Waals surface area contributed by atoms with Crippen molar-refractivity contribution in [1.29, 1.82) is 0 Å². The van der Waals surface area contributed by atoms with Gasteiger partial charge in [-0.05, 0) is 19.1 Å². The molecule has 1 fully saturated rings. The molecule has 0 unspecified atom stereocenters. The van der Waals surface area contributed by atoms with Crippen LogP contribution < -0.4 is 10.1 Å². The number of nitrogens with zero attached hydrogens (tertiary/aromatic N) is 1. The number of anilines is 1. The van der Waals surface area contributed by atoms with E-state index in [1.54, 1.807) is 0 Å². The van der Waals surface area contributed by atoms with Crippen LogP contribution in [0.15, 0.2) is 24.3 Å². The number of morpholine rings is 1. The minimum atomic E-state index is 0.0763. The molecule has 6 heteroatoms. The zero-order valence-corrected chi connectivity index (χ0v) is 13.0. The third-order valence-electron chi connectivity index (χ3n) is 3.37. The molecule has 6 nitrogen and oxygen atoms in total. The van der Waals surface area contributed by atoms with Gasteiger partial charge >= 0.3 is 0 Å². The molecule has 1 amide bonds. The van der Waals surface area contributed by atoms with E-state index in [-0.39, 0.29) is 12.5 Å². The number of benzene rings is 1. The summed E-state index contributed by atoms with van der Waals surface area (Å²) in [6.45, 7) is 6.48. The molecule has 0 bridgehead atoms. The summed E-state index contributed by atoms with van der Waals surface area (Å²) in [5.41, 5.74) is 0.820. The van der Waals surface area contributed by atoms with Gasteiger partial charge in [-0.15, -0.1) is 0 Å². The molecule has 1 heterocycles. The van der Waals surface area contributed by atoms with E-state index in [9.17, 15) is 4.79 Å². The van der Waals surface area contributed by atoms with Crippen LogP contribution in [0.3, 0.4) is 0 Å². The summed E-state index contributed by atoms with van der Waals surface area (Å²) in [5.74, 6) is 0.810. The molecular formula is C16H24N2O4. The number of hydrogen-bond donors (Lipinski definition) is 1. The van der Waals surface area contributed by atoms with E-state index >= 15 is 0 Å². The van der Waals surface area contributed by atoms with Crippen molar-refractivity contribution in [2.45, 2.75) is 6.92 Å². The molecule has 1 N–H and O–H groups in total. The van der Waals surface area contributed by atoms with Crippen LogP contribution in [-0.2, 0) is 14.3 Å². The van der Waals surface area contributed by atoms with Crippen molar-refractivity contribution in [1.82, 2.24) is 4.90 Å². The van der Waals surface area contributed by atoms with Crippen LogP contribution in [-0.4, -0.2) is 63.5 Å². The number of hydrogen-bond acceptors (Lipinski definition) is 5. The monoisotopic (exact) mass is 308 g/mol. The maximum Gasteiger partial charge on any atom is 0.242 e. The SMILES string of the molecule is CCOCCOc1ccccc1NCC(=O)N1CCOCC1. The summed E-state index contributed by atoms with van der Waals surface area (Å²) < 4.78 is 16.2. The molecule has 0 spiro atoms. The molecule has 1 saturated heterocycles. The Labute approximate surface area is 131 Å². The van der Waals surface area contributed by atoms with Crippen LogP contribution in [0.25, 0.3) is 0 Å². The van der Waals surface area contributed by atoms with E-state index in [1.165, 1.54) is 0 Å². The number of para-hydroxylation sites is 2. The Morgan fingerprint density at radius 3 is 2.82 bits per heavy atom. The highest BCUT2D eigenvalue weighted by Crippen LogP contribution is 2.23. The van der Waals surface area contributed by atoms with Crippen molar-refractivity contribution < 1.29 is 19.0 Å². The van der Waals surface area contributed by atoms with Crippen molar-refractivity contribution in [2.75, 3.05) is 58.0 Å². The van der Waals surface area contributed by atoms with Gasteiger partial charge in [0.15, 0.2) is 0 Å². The number of carbonyl (C=O) groups excluding carboxylic acids is 1. The van der Waals surface area contributed by atoms with Crippen molar-refractivity contribution >= 4 is 11.6 Å². The summed E-state index contributed by atoms with van der Waals surface area (Å²) in [5, 5.41) is 3.15. The van der Waals surface area contributed by atoms with Gasteiger partial charge in [-0.1, -0.05) is 12.1 Å². The highest BCUT2D eigenvalue weighted by Gasteiger charge is 2.16. The van der Waals surface area contributed by atoms with Crippen molar-refractivity contribution in [3.05, 3.63) is 24.3 Å². The Hall–Kier alpha value is -1.79. The smallest absolute Gasteiger partial charge is 0.242 e. The third-order valence-corrected chi connectivity index (χ3v) is 3.37. The third kappa shape index (κ3) is 5.20. The van der Waals surface area contributed by atoms with E-state index in [0.29, 0.717) is 46.1 Å². The van der Waals surface area contributed by atoms with Crippen LogP contribution in [0.4, 0.5) is 5.69 Å². The Balaban J connectivity index is 1.82. The normalized spacial score (nSPS) is 14.7. The van der Waals surface area contributed by atoms with Gasteiger partial charge in [-0.2, -0.15) is 0 Å². The first-order chi connectivity index (χ1) is 10.8. The summed E-state index contributed by atoms with van der Waals surface area (Å²) in [7, 11) is 0. The number of nitrogens with one attached hydrogen (secondary N) is 1. The average molecular weight is 308 g/mol. The van der Waals surface area contributed by atoms with Crippen molar-refractivity contribution in [3.63, 3.8) is 0 Å². The van der Waals surface area contributed by atoms with Crippen molar-refractivity contribution in [3.8, 4) is 5.75 Å². The maximum absolute atomic E-state index is 12.1. The Bertz CT molecular complexity index is 461. The highest BCUT2D eigenvalue weighted by atomic mass is 16.5. The molecule has 1 aliphatic heterocycles. The summed E-state index contributed by atoms with van der Waals surface area (Å²) in [6, 6.07) is 7.61. The molecule has 0 aliphatic carbocycles. The minimum Gasteiger partial charge on any atom is -0.489 e. The molecule has 1 aromatic rings. The first kappa shape index (κ1) is 16.6. The second-order valence-electron chi connectivity index (χ2n) is 4.89. The zero-order valence-electron chi connectivity index (χ0n) is 13.0. The van der Waals surface area contributed by atoms with Gasteiger partial charge in [0.05, 0.1) is 32.1 Å². The molecule has 122 valence electrons. The summed E-state index contributed by atoms with van der Waals surface area (Å²) in [6.07, 6.45) is 0. The van der Waals surface area contributed by atoms with E-state index in [0.717, 1.165) is 11.4 Å². The van der Waals surface area contributed by atoms with Crippen LogP contribution in [0, 0.1) is 0 Å². The first-order valence-electron chi connectivity index (χ1n) is 7.70. The fourth-order valence-electron chi connectivity index (χ4n) is 2.19. The molecule has 1 aromatic carbocycles. The molecule has 0 saturated carbocycles. The van der Waals surface area contributed by atoms with Gasteiger partial charge in [0.1, 0.15) is 12.4 Å². The maximum atomic E-state index is 12.1. The number of ether oxygens (including phenoxy) is 3. The zero-order chi connectivity index (χ0) is 15.6. The van der Waals surface area contributed by atoms with Crippen molar-refractivity contribution in [2.24, 2.45) is 0 Å². The first-order valence-corrected chi connectivity index (χ1v) is 7.70. The molecule has 1 aliphatic rings. The van der Waals surface area contributed by atoms with E-state index in [4.69, 9.17) is 14.2 Å². The molecule has 22 heavy (non-hydrogen) atoms. The van der Waals surface area contributed by atoms with Gasteiger partial charge < -0.3 is 24.4 Å². The quantitative estimate of drug-likeness (QED) is 0.735. The molecule has 0 aromatic heterocycles. The number of rotatable bonds is 8. The molecular weight excluding hydrogens is 284 g/mol. The molecule has 0 radical (unpaired) electrons. The lowest BCUT2D eigenvalue weighted by Crippen LogP contribution is -2.43. The fraction of sp³-hybridized carbons (Fsp3) is 0.562. The van der Waals surface area contributed by atoms with Gasteiger partial charge in [0.25, 0.3) is 0 Å². The van der Waals surface area contributed by atoms with Gasteiger partial charge in [0.2, 0.25) is 5.91 Å². The lowest BCUT2D eigenvalue weighted by atomic mass is 10.3. The number of carbonyl (C=O) groups is 1. The highest BCUT2D eigenvalue weighted by molar-refractivity contribution is 5.81. The number of amides is 1. The van der Waals surface area contributed by atoms with Crippen LogP contribution in [0.2, 0.25) is 0 Å². The second-order valence-corrected chi connectivity index (χ2v) is 4.89. The van der Waals surface area contributed by atoms with Crippen LogP contribution in [0.1, 0.15) is 6.92 Å². The Kier molecular flexibility index (Phi) is 6.99. The lowest BCUT2D eigenvalue weighted by Gasteiger charge is -2.27. The Morgan fingerprint density at radius 2 is 2.05 bits per heavy atom. The van der Waals surface area contributed by atoms with E-state index in [2.05, 4.69) is 5.32 Å². The van der Waals surface area contributed by atoms with Crippen LogP contribution in [0.5, 0.6) is 5.75 Å². The predicted octanol–water partition coefficient (Wildman–Crippen LogP) is 1.37. The molecule has 2 rings (SSSR count). The standard InChI is InChI=1S/C16H24N2O4/c1-2-20-11-12-22-15-6-4-3-5-14(15)17-13-16(19)18-7-9-21-10-8-18/h3-6,17H,2,7-13H2,1H3.